The Bertz CT molecular complexity index is 365. The molecule has 136 valence electrons. The number of piperidine rings is 1. The molecule has 4 nitrogen and oxygen atoms in total. The number of hydrogen-bond donors (Lipinski definition) is 1. The number of halogens is 1. The van der Waals surface area contributed by atoms with E-state index in [1.165, 1.54) is 12.8 Å². The molecule has 0 bridgehead atoms. The molecule has 1 N–H and O–H groups in total. The average Bonchev–Trinajstić information content (AvgIpc) is 2.52. The number of likely N-dealkylation sites (N-methyl/N-ethyl adjacent to an activating group) is 1. The van der Waals surface area contributed by atoms with Gasteiger partial charge in [0.25, 0.3) is 0 Å². The Balaban J connectivity index is 0.00000264. The maximum Gasteiger partial charge on any atom is 0.248 e. The zero-order chi connectivity index (χ0) is 16.1. The van der Waals surface area contributed by atoms with Crippen LogP contribution in [0.15, 0.2) is 0 Å². The van der Waals surface area contributed by atoms with Crippen LogP contribution >= 0.6 is 12.4 Å². The topological polar surface area (TPSA) is 41.6 Å². The zero-order valence-electron chi connectivity index (χ0n) is 15.2. The van der Waals surface area contributed by atoms with E-state index in [1.54, 1.807) is 0 Å². The lowest BCUT2D eigenvalue weighted by atomic mass is 9.75. The van der Waals surface area contributed by atoms with Gasteiger partial charge in [0.05, 0.1) is 6.10 Å². The Morgan fingerprint density at radius 1 is 1.30 bits per heavy atom. The molecule has 0 radical (unpaired) electrons. The van der Waals surface area contributed by atoms with E-state index in [4.69, 9.17) is 4.74 Å². The van der Waals surface area contributed by atoms with Gasteiger partial charge < -0.3 is 15.0 Å². The number of nitrogens with zero attached hydrogens (tertiary/aromatic N) is 1. The van der Waals surface area contributed by atoms with Gasteiger partial charge in [-0.2, -0.15) is 0 Å². The lowest BCUT2D eigenvalue weighted by molar-refractivity contribution is -0.143. The molecule has 0 aromatic carbocycles. The maximum absolute atomic E-state index is 12.4. The van der Waals surface area contributed by atoms with Gasteiger partial charge in [0, 0.05) is 19.1 Å². The first-order chi connectivity index (χ1) is 10.5. The molecule has 23 heavy (non-hydrogen) atoms. The summed E-state index contributed by atoms with van der Waals surface area (Å²) in [5, 5.41) is 3.29. The largest absolute Gasteiger partial charge is 0.368 e. The second-order valence-electron chi connectivity index (χ2n) is 7.64. The average molecular weight is 347 g/mol. The van der Waals surface area contributed by atoms with Crippen LogP contribution < -0.4 is 5.32 Å². The van der Waals surface area contributed by atoms with Crippen LogP contribution in [0.2, 0.25) is 0 Å². The molecular formula is C18H35ClN2O2. The molecule has 0 aromatic rings. The standard InChI is InChI=1S/C18H34N2O2.ClH/c1-13(2)16-8-7-14(3)10-17(16)22-12-18(21)20-9-5-6-15(11-20)19-4;/h13-17,19H,5-12H2,1-4H3;1H. The van der Waals surface area contributed by atoms with Gasteiger partial charge in [-0.1, -0.05) is 27.2 Å². The summed E-state index contributed by atoms with van der Waals surface area (Å²) in [6.45, 7) is 8.83. The minimum absolute atomic E-state index is 0. The fourth-order valence-corrected chi connectivity index (χ4v) is 4.02. The van der Waals surface area contributed by atoms with E-state index in [-0.39, 0.29) is 31.0 Å². The van der Waals surface area contributed by atoms with E-state index in [0.717, 1.165) is 38.3 Å². The molecule has 1 heterocycles. The molecule has 1 saturated heterocycles. The minimum Gasteiger partial charge on any atom is -0.368 e. The molecule has 0 aromatic heterocycles. The minimum atomic E-state index is 0. The highest BCUT2D eigenvalue weighted by Crippen LogP contribution is 2.35. The van der Waals surface area contributed by atoms with Crippen molar-refractivity contribution in [3.05, 3.63) is 0 Å². The summed E-state index contributed by atoms with van der Waals surface area (Å²) in [6.07, 6.45) is 6.16. The van der Waals surface area contributed by atoms with Crippen LogP contribution in [0.4, 0.5) is 0 Å². The highest BCUT2D eigenvalue weighted by molar-refractivity contribution is 5.85. The number of nitrogens with one attached hydrogen (secondary N) is 1. The number of carbonyl (C=O) groups is 1. The van der Waals surface area contributed by atoms with Crippen molar-refractivity contribution in [2.24, 2.45) is 17.8 Å². The molecule has 1 saturated carbocycles. The van der Waals surface area contributed by atoms with Crippen LogP contribution in [0.1, 0.15) is 52.9 Å². The molecule has 5 heteroatoms. The third-order valence-corrected chi connectivity index (χ3v) is 5.56. The molecule has 2 aliphatic rings. The second-order valence-corrected chi connectivity index (χ2v) is 7.64. The van der Waals surface area contributed by atoms with Crippen molar-refractivity contribution in [1.82, 2.24) is 10.2 Å². The van der Waals surface area contributed by atoms with E-state index in [0.29, 0.717) is 17.9 Å². The summed E-state index contributed by atoms with van der Waals surface area (Å²) in [7, 11) is 1.98. The van der Waals surface area contributed by atoms with Crippen molar-refractivity contribution in [2.75, 3.05) is 26.7 Å². The van der Waals surface area contributed by atoms with Crippen LogP contribution in [0.5, 0.6) is 0 Å². The summed E-state index contributed by atoms with van der Waals surface area (Å²) in [6, 6.07) is 0.441. The SMILES string of the molecule is CNC1CCCN(C(=O)COC2CC(C)CCC2C(C)C)C1.Cl. The molecule has 2 fully saturated rings. The predicted octanol–water partition coefficient (Wildman–Crippen LogP) is 3.10. The summed E-state index contributed by atoms with van der Waals surface area (Å²) >= 11 is 0. The van der Waals surface area contributed by atoms with Gasteiger partial charge >= 0.3 is 0 Å². The lowest BCUT2D eigenvalue weighted by Gasteiger charge is -2.38. The Kier molecular flexibility index (Phi) is 8.88. The lowest BCUT2D eigenvalue weighted by Crippen LogP contribution is -2.48. The van der Waals surface area contributed by atoms with Gasteiger partial charge in [-0.3, -0.25) is 4.79 Å². The first-order valence-corrected chi connectivity index (χ1v) is 9.07. The normalized spacial score (nSPS) is 31.8. The molecule has 2 rings (SSSR count). The van der Waals surface area contributed by atoms with E-state index in [2.05, 4.69) is 26.1 Å². The van der Waals surface area contributed by atoms with Crippen LogP contribution in [-0.2, 0) is 9.53 Å². The summed E-state index contributed by atoms with van der Waals surface area (Å²) < 4.78 is 6.10. The first-order valence-electron chi connectivity index (χ1n) is 9.07. The number of amides is 1. The molecule has 4 unspecified atom stereocenters. The van der Waals surface area contributed by atoms with E-state index < -0.39 is 0 Å². The van der Waals surface area contributed by atoms with Gasteiger partial charge in [-0.05, 0) is 50.5 Å². The van der Waals surface area contributed by atoms with Gasteiger partial charge in [0.15, 0.2) is 0 Å². The fourth-order valence-electron chi connectivity index (χ4n) is 4.02. The number of likely N-dealkylation sites (tertiary alicyclic amines) is 1. The van der Waals surface area contributed by atoms with Crippen LogP contribution in [0, 0.1) is 17.8 Å². The quantitative estimate of drug-likeness (QED) is 0.831. The van der Waals surface area contributed by atoms with Crippen LogP contribution in [0.25, 0.3) is 0 Å². The van der Waals surface area contributed by atoms with Gasteiger partial charge in [-0.15, -0.1) is 12.4 Å². The zero-order valence-corrected chi connectivity index (χ0v) is 16.0. The number of hydrogen-bond acceptors (Lipinski definition) is 3. The van der Waals surface area contributed by atoms with E-state index in [9.17, 15) is 4.79 Å². The summed E-state index contributed by atoms with van der Waals surface area (Å²) in [5.74, 6) is 2.13. The second kappa shape index (κ2) is 9.85. The molecule has 1 aliphatic carbocycles. The molecule has 0 spiro atoms. The Morgan fingerprint density at radius 3 is 2.70 bits per heavy atom. The smallest absolute Gasteiger partial charge is 0.248 e. The van der Waals surface area contributed by atoms with Gasteiger partial charge in [0.1, 0.15) is 6.61 Å². The molecule has 1 aliphatic heterocycles. The van der Waals surface area contributed by atoms with Crippen molar-refractivity contribution < 1.29 is 9.53 Å². The van der Waals surface area contributed by atoms with Crippen LogP contribution in [0.3, 0.4) is 0 Å². The summed E-state index contributed by atoms with van der Waals surface area (Å²) in [5.41, 5.74) is 0. The Hall–Kier alpha value is -0.320. The molecule has 1 amide bonds. The van der Waals surface area contributed by atoms with Crippen molar-refractivity contribution in [3.8, 4) is 0 Å². The number of rotatable bonds is 5. The predicted molar refractivity (Wildman–Crippen MR) is 97.0 cm³/mol. The van der Waals surface area contributed by atoms with Crippen molar-refractivity contribution in [2.45, 2.75) is 65.0 Å². The number of carbonyl (C=O) groups excluding carboxylic acids is 1. The maximum atomic E-state index is 12.4. The van der Waals surface area contributed by atoms with Crippen molar-refractivity contribution in [1.29, 1.82) is 0 Å². The van der Waals surface area contributed by atoms with E-state index >= 15 is 0 Å². The molecular weight excluding hydrogens is 312 g/mol. The fraction of sp³-hybridized carbons (Fsp3) is 0.944. The third-order valence-electron chi connectivity index (χ3n) is 5.56. The number of ether oxygens (including phenoxy) is 1. The third kappa shape index (κ3) is 5.91. The Labute approximate surface area is 148 Å². The van der Waals surface area contributed by atoms with Crippen molar-refractivity contribution in [3.63, 3.8) is 0 Å². The van der Waals surface area contributed by atoms with E-state index in [1.807, 2.05) is 11.9 Å². The van der Waals surface area contributed by atoms with Crippen LogP contribution in [-0.4, -0.2) is 49.7 Å². The summed E-state index contributed by atoms with van der Waals surface area (Å²) in [4.78, 5) is 14.4. The van der Waals surface area contributed by atoms with Crippen molar-refractivity contribution >= 4 is 18.3 Å². The highest BCUT2D eigenvalue weighted by atomic mass is 35.5. The van der Waals surface area contributed by atoms with Gasteiger partial charge in [0.2, 0.25) is 5.91 Å². The highest BCUT2D eigenvalue weighted by Gasteiger charge is 2.32. The molecule has 4 atom stereocenters. The monoisotopic (exact) mass is 346 g/mol. The van der Waals surface area contributed by atoms with Gasteiger partial charge in [-0.25, -0.2) is 0 Å². The Morgan fingerprint density at radius 2 is 2.04 bits per heavy atom. The first kappa shape index (κ1) is 20.7.